The van der Waals surface area contributed by atoms with Gasteiger partial charge < -0.3 is 14.2 Å². The molecule has 0 aliphatic carbocycles. The van der Waals surface area contributed by atoms with Gasteiger partial charge in [-0.3, -0.25) is 9.69 Å². The molecule has 0 atom stereocenters. The molecule has 2 aromatic heterocycles. The lowest BCUT2D eigenvalue weighted by atomic mass is 10.1. The lowest BCUT2D eigenvalue weighted by Crippen LogP contribution is -2.48. The molecule has 0 unspecified atom stereocenters. The molecule has 1 amide bonds. The van der Waals surface area contributed by atoms with E-state index in [-0.39, 0.29) is 5.91 Å². The van der Waals surface area contributed by atoms with Crippen LogP contribution in [-0.2, 0) is 6.54 Å². The largest absolute Gasteiger partial charge is 0.496 e. The first-order chi connectivity index (χ1) is 16.6. The zero-order valence-corrected chi connectivity index (χ0v) is 19.9. The lowest BCUT2D eigenvalue weighted by molar-refractivity contribution is 0.0610. The molecule has 1 fully saturated rings. The highest BCUT2D eigenvalue weighted by molar-refractivity contribution is 7.13. The van der Waals surface area contributed by atoms with E-state index < -0.39 is 0 Å². The number of para-hydroxylation sites is 1. The van der Waals surface area contributed by atoms with E-state index in [2.05, 4.69) is 20.0 Å². The Hall–Kier alpha value is -3.56. The minimum atomic E-state index is -0.0447. The quantitative estimate of drug-likeness (QED) is 0.414. The van der Waals surface area contributed by atoms with Crippen LogP contribution in [0.15, 0.2) is 58.4 Å². The number of thiazole rings is 1. The summed E-state index contributed by atoms with van der Waals surface area (Å²) >= 11 is 1.45. The second-order valence-corrected chi connectivity index (χ2v) is 8.99. The Morgan fingerprint density at radius 1 is 1.03 bits per heavy atom. The van der Waals surface area contributed by atoms with Crippen molar-refractivity contribution in [3.05, 3.63) is 71.1 Å². The number of hydrogen-bond donors (Lipinski definition) is 0. The Bertz CT molecular complexity index is 1290. The van der Waals surface area contributed by atoms with Crippen molar-refractivity contribution in [3.8, 4) is 27.7 Å². The zero-order chi connectivity index (χ0) is 23.5. The number of benzene rings is 2. The fraction of sp³-hybridized carbons (Fsp3) is 0.280. The maximum Gasteiger partial charge on any atom is 0.273 e. The summed E-state index contributed by atoms with van der Waals surface area (Å²) in [5, 5.41) is 6.74. The monoisotopic (exact) mass is 475 g/mol. The van der Waals surface area contributed by atoms with E-state index in [1.165, 1.54) is 11.3 Å². The summed E-state index contributed by atoms with van der Waals surface area (Å²) in [5.74, 6) is 1.89. The van der Waals surface area contributed by atoms with Crippen molar-refractivity contribution in [2.45, 2.75) is 13.5 Å². The van der Waals surface area contributed by atoms with Crippen LogP contribution in [0.2, 0.25) is 0 Å². The van der Waals surface area contributed by atoms with Crippen LogP contribution in [0.4, 0.5) is 0 Å². The van der Waals surface area contributed by atoms with Crippen LogP contribution < -0.4 is 4.74 Å². The third kappa shape index (κ3) is 4.57. The molecular weight excluding hydrogens is 450 g/mol. The fourth-order valence-corrected chi connectivity index (χ4v) is 4.86. The number of aromatic nitrogens is 3. The van der Waals surface area contributed by atoms with Crippen LogP contribution >= 0.6 is 11.3 Å². The summed E-state index contributed by atoms with van der Waals surface area (Å²) in [7, 11) is 1.63. The van der Waals surface area contributed by atoms with E-state index in [1.54, 1.807) is 7.11 Å². The SMILES string of the molecule is COc1ccccc1-c1nc(C(=O)N2CCN(Cc3nc(-c4ccccc4C)no3)CC2)cs1. The van der Waals surface area contributed by atoms with Crippen LogP contribution in [0, 0.1) is 6.92 Å². The van der Waals surface area contributed by atoms with Crippen molar-refractivity contribution in [3.63, 3.8) is 0 Å². The van der Waals surface area contributed by atoms with Crippen molar-refractivity contribution in [1.29, 1.82) is 0 Å². The fourth-order valence-electron chi connectivity index (χ4n) is 4.03. The molecule has 34 heavy (non-hydrogen) atoms. The molecule has 8 nitrogen and oxygen atoms in total. The summed E-state index contributed by atoms with van der Waals surface area (Å²) in [6.45, 7) is 5.31. The number of carbonyl (C=O) groups excluding carboxylic acids is 1. The Morgan fingerprint density at radius 2 is 1.76 bits per heavy atom. The first kappa shape index (κ1) is 22.2. The van der Waals surface area contributed by atoms with E-state index in [1.807, 2.05) is 65.7 Å². The summed E-state index contributed by atoms with van der Waals surface area (Å²) in [4.78, 5) is 26.3. The highest BCUT2D eigenvalue weighted by atomic mass is 32.1. The number of methoxy groups -OCH3 is 1. The van der Waals surface area contributed by atoms with Crippen molar-refractivity contribution in [2.75, 3.05) is 33.3 Å². The zero-order valence-electron chi connectivity index (χ0n) is 19.1. The minimum Gasteiger partial charge on any atom is -0.496 e. The molecular formula is C25H25N5O3S. The van der Waals surface area contributed by atoms with Gasteiger partial charge in [0.1, 0.15) is 16.5 Å². The first-order valence-corrected chi connectivity index (χ1v) is 12.0. The number of amides is 1. The molecule has 3 heterocycles. The van der Waals surface area contributed by atoms with Gasteiger partial charge in [-0.25, -0.2) is 4.98 Å². The number of rotatable bonds is 6. The van der Waals surface area contributed by atoms with E-state index in [9.17, 15) is 4.79 Å². The normalized spacial score (nSPS) is 14.4. The molecule has 2 aromatic carbocycles. The number of carbonyl (C=O) groups is 1. The number of aryl methyl sites for hydroxylation is 1. The molecule has 9 heteroatoms. The lowest BCUT2D eigenvalue weighted by Gasteiger charge is -2.33. The van der Waals surface area contributed by atoms with Gasteiger partial charge in [-0.1, -0.05) is 41.6 Å². The van der Waals surface area contributed by atoms with Gasteiger partial charge in [-0.15, -0.1) is 11.3 Å². The highest BCUT2D eigenvalue weighted by Gasteiger charge is 2.25. The number of ether oxygens (including phenoxy) is 1. The van der Waals surface area contributed by atoms with Crippen LogP contribution in [-0.4, -0.2) is 64.1 Å². The summed E-state index contributed by atoms with van der Waals surface area (Å²) in [6, 6.07) is 15.7. The van der Waals surface area contributed by atoms with Crippen molar-refractivity contribution >= 4 is 17.2 Å². The van der Waals surface area contributed by atoms with Gasteiger partial charge in [0.15, 0.2) is 0 Å². The minimum absolute atomic E-state index is 0.0447. The molecule has 0 spiro atoms. The molecule has 1 aliphatic heterocycles. The summed E-state index contributed by atoms with van der Waals surface area (Å²) in [5.41, 5.74) is 3.45. The average molecular weight is 476 g/mol. The van der Waals surface area contributed by atoms with E-state index in [4.69, 9.17) is 9.26 Å². The van der Waals surface area contributed by atoms with Crippen molar-refractivity contribution in [1.82, 2.24) is 24.9 Å². The maximum atomic E-state index is 13.0. The predicted molar refractivity (Wildman–Crippen MR) is 130 cm³/mol. The van der Waals surface area contributed by atoms with Gasteiger partial charge in [0.25, 0.3) is 5.91 Å². The van der Waals surface area contributed by atoms with Gasteiger partial charge in [0.2, 0.25) is 11.7 Å². The summed E-state index contributed by atoms with van der Waals surface area (Å²) in [6.07, 6.45) is 0. The van der Waals surface area contributed by atoms with Crippen LogP contribution in [0.1, 0.15) is 21.9 Å². The molecule has 1 saturated heterocycles. The Kier molecular flexibility index (Phi) is 6.37. The van der Waals surface area contributed by atoms with Gasteiger partial charge >= 0.3 is 0 Å². The van der Waals surface area contributed by atoms with Gasteiger partial charge in [-0.2, -0.15) is 4.98 Å². The third-order valence-electron chi connectivity index (χ3n) is 5.93. The van der Waals surface area contributed by atoms with Gasteiger partial charge in [-0.05, 0) is 24.6 Å². The van der Waals surface area contributed by atoms with Gasteiger partial charge in [0.05, 0.1) is 19.2 Å². The van der Waals surface area contributed by atoms with E-state index in [0.29, 0.717) is 37.0 Å². The number of nitrogens with zero attached hydrogens (tertiary/aromatic N) is 5. The molecule has 0 bridgehead atoms. The number of hydrogen-bond acceptors (Lipinski definition) is 8. The smallest absolute Gasteiger partial charge is 0.273 e. The Labute approximate surface area is 201 Å². The molecule has 0 N–H and O–H groups in total. The number of piperazine rings is 1. The molecule has 0 saturated carbocycles. The molecule has 1 aliphatic rings. The van der Waals surface area contributed by atoms with E-state index >= 15 is 0 Å². The first-order valence-electron chi connectivity index (χ1n) is 11.1. The average Bonchev–Trinajstić information content (AvgIpc) is 3.55. The predicted octanol–water partition coefficient (Wildman–Crippen LogP) is 4.14. The second kappa shape index (κ2) is 9.74. The van der Waals surface area contributed by atoms with Crippen molar-refractivity contribution < 1.29 is 14.1 Å². The van der Waals surface area contributed by atoms with Crippen LogP contribution in [0.25, 0.3) is 22.0 Å². The molecule has 4 aromatic rings. The van der Waals surface area contributed by atoms with Gasteiger partial charge in [0, 0.05) is 37.1 Å². The van der Waals surface area contributed by atoms with Crippen LogP contribution in [0.5, 0.6) is 5.75 Å². The van der Waals surface area contributed by atoms with Crippen molar-refractivity contribution in [2.24, 2.45) is 0 Å². The summed E-state index contributed by atoms with van der Waals surface area (Å²) < 4.78 is 10.9. The second-order valence-electron chi connectivity index (χ2n) is 8.13. The van der Waals surface area contributed by atoms with Crippen LogP contribution in [0.3, 0.4) is 0 Å². The Morgan fingerprint density at radius 3 is 2.53 bits per heavy atom. The molecule has 0 radical (unpaired) electrons. The maximum absolute atomic E-state index is 13.0. The molecule has 5 rings (SSSR count). The highest BCUT2D eigenvalue weighted by Crippen LogP contribution is 2.32. The molecule has 174 valence electrons. The van der Waals surface area contributed by atoms with E-state index in [0.717, 1.165) is 40.5 Å². The third-order valence-corrected chi connectivity index (χ3v) is 6.81. The Balaban J connectivity index is 1.19. The topological polar surface area (TPSA) is 84.6 Å². The standard InChI is InChI=1S/C25H25N5O3S/c1-17-7-3-4-8-18(17)23-27-22(33-28-23)15-29-11-13-30(14-12-29)25(31)20-16-34-24(26-20)19-9-5-6-10-21(19)32-2/h3-10,16H,11-15H2,1-2H3.